The van der Waals surface area contributed by atoms with Crippen molar-refractivity contribution in [1.82, 2.24) is 4.98 Å². The predicted molar refractivity (Wildman–Crippen MR) is 131 cm³/mol. The number of benzene rings is 1. The summed E-state index contributed by atoms with van der Waals surface area (Å²) in [6.07, 6.45) is 4.55. The van der Waals surface area contributed by atoms with Gasteiger partial charge in [-0.2, -0.15) is 21.9 Å². The van der Waals surface area contributed by atoms with Crippen LogP contribution in [0.4, 0.5) is 0 Å². The molecule has 1 aliphatic carbocycles. The third kappa shape index (κ3) is 11.4. The Morgan fingerprint density at radius 2 is 1.65 bits per heavy atom. The van der Waals surface area contributed by atoms with Gasteiger partial charge in [0.05, 0.1) is 36.6 Å². The molecule has 0 bridgehead atoms. The van der Waals surface area contributed by atoms with Gasteiger partial charge in [-0.25, -0.2) is 0 Å². The Morgan fingerprint density at radius 3 is 2.15 bits per heavy atom. The molecule has 0 amide bonds. The first-order chi connectivity index (χ1) is 15.6. The summed E-state index contributed by atoms with van der Waals surface area (Å²) >= 11 is 6.37. The van der Waals surface area contributed by atoms with Gasteiger partial charge >= 0.3 is 0 Å². The summed E-state index contributed by atoms with van der Waals surface area (Å²) < 4.78 is 57.2. The normalized spacial score (nSPS) is 16.2. The van der Waals surface area contributed by atoms with Gasteiger partial charge in [0.1, 0.15) is 5.75 Å². The number of fused-ring (bicyclic) bond motifs is 1. The molecule has 1 atom stereocenters. The molecule has 34 heavy (non-hydrogen) atoms. The summed E-state index contributed by atoms with van der Waals surface area (Å²) in [6.45, 7) is 0. The van der Waals surface area contributed by atoms with Crippen LogP contribution in [0.2, 0.25) is 5.02 Å². The quantitative estimate of drug-likeness (QED) is 0.192. The van der Waals surface area contributed by atoms with Crippen LogP contribution in [0.3, 0.4) is 0 Å². The Kier molecular flexibility index (Phi) is 10.9. The van der Waals surface area contributed by atoms with E-state index < -0.39 is 20.2 Å². The molecule has 15 heteroatoms. The lowest BCUT2D eigenvalue weighted by Crippen LogP contribution is -2.24. The van der Waals surface area contributed by atoms with Gasteiger partial charge in [0.25, 0.3) is 20.2 Å². The van der Waals surface area contributed by atoms with Gasteiger partial charge < -0.3 is 16.2 Å². The second kappa shape index (κ2) is 12.6. The SMILES string of the molecule is COc1ccnc2c1/C(=N/N=C(N)N)CC(c1ccccc1Cl)C2.CS(=O)(=O)O.CS(=O)(=O)O. The van der Waals surface area contributed by atoms with Gasteiger partial charge in [0.2, 0.25) is 5.96 Å². The van der Waals surface area contributed by atoms with Crippen LogP contribution in [0.15, 0.2) is 46.7 Å². The fourth-order valence-electron chi connectivity index (χ4n) is 2.99. The molecule has 0 spiro atoms. The lowest BCUT2D eigenvalue weighted by molar-refractivity contribution is 0.411. The average Bonchev–Trinajstić information content (AvgIpc) is 2.69. The van der Waals surface area contributed by atoms with Crippen LogP contribution in [0.5, 0.6) is 5.75 Å². The van der Waals surface area contributed by atoms with E-state index in [-0.39, 0.29) is 11.9 Å². The smallest absolute Gasteiger partial charge is 0.261 e. The molecule has 2 aromatic rings. The van der Waals surface area contributed by atoms with Crippen molar-refractivity contribution in [2.75, 3.05) is 19.6 Å². The number of nitrogens with two attached hydrogens (primary N) is 2. The van der Waals surface area contributed by atoms with Crippen molar-refractivity contribution < 1.29 is 30.7 Å². The first-order valence-corrected chi connectivity index (χ1v) is 13.4. The monoisotopic (exact) mass is 535 g/mol. The summed E-state index contributed by atoms with van der Waals surface area (Å²) in [6, 6.07) is 9.61. The van der Waals surface area contributed by atoms with E-state index in [1.165, 1.54) is 0 Å². The van der Waals surface area contributed by atoms with E-state index >= 15 is 0 Å². The summed E-state index contributed by atoms with van der Waals surface area (Å²) in [4.78, 5) is 4.50. The molecule has 0 aliphatic heterocycles. The van der Waals surface area contributed by atoms with Crippen molar-refractivity contribution in [2.45, 2.75) is 18.8 Å². The standard InChI is InChI=1S/C17H18ClN5O.2CH4O3S/c1-24-15-6-7-21-13-8-10(11-4-2-3-5-12(11)18)9-14(16(13)15)22-23-17(19)20;2*1-5(2,3)4/h2-7,10H,8-9H2,1H3,(H4,19,20,23);2*1H3,(H,2,3,4)/b22-14+;;. The number of guanidine groups is 1. The number of hydrogen-bond acceptors (Lipinski definition) is 8. The van der Waals surface area contributed by atoms with Gasteiger partial charge in [-0.3, -0.25) is 14.1 Å². The van der Waals surface area contributed by atoms with Crippen LogP contribution in [-0.2, 0) is 26.7 Å². The fraction of sp³-hybridized carbons (Fsp3) is 0.316. The van der Waals surface area contributed by atoms with Crippen molar-refractivity contribution >= 4 is 43.5 Å². The minimum absolute atomic E-state index is 0.0909. The Morgan fingerprint density at radius 1 is 1.09 bits per heavy atom. The number of pyridine rings is 1. The van der Waals surface area contributed by atoms with Crippen molar-refractivity contribution in [3.8, 4) is 5.75 Å². The van der Waals surface area contributed by atoms with Crippen LogP contribution in [-0.4, -0.2) is 62.2 Å². The van der Waals surface area contributed by atoms with Crippen LogP contribution in [0, 0.1) is 0 Å². The highest BCUT2D eigenvalue weighted by Crippen LogP contribution is 2.38. The Balaban J connectivity index is 0.000000489. The molecule has 12 nitrogen and oxygen atoms in total. The van der Waals surface area contributed by atoms with Crippen LogP contribution in [0.1, 0.15) is 29.2 Å². The topological polar surface area (TPSA) is 208 Å². The Hall–Kier alpha value is -2.78. The summed E-state index contributed by atoms with van der Waals surface area (Å²) in [7, 11) is -5.71. The van der Waals surface area contributed by atoms with Gasteiger partial charge in [-0.15, -0.1) is 5.10 Å². The molecular formula is C19H26ClN5O7S2. The van der Waals surface area contributed by atoms with E-state index in [9.17, 15) is 16.8 Å². The van der Waals surface area contributed by atoms with Crippen molar-refractivity contribution in [3.05, 3.63) is 58.4 Å². The van der Waals surface area contributed by atoms with Crippen LogP contribution >= 0.6 is 11.6 Å². The number of aromatic nitrogens is 1. The molecule has 1 heterocycles. The molecule has 3 rings (SSSR count). The van der Waals surface area contributed by atoms with E-state index in [4.69, 9.17) is 36.9 Å². The van der Waals surface area contributed by atoms with Crippen LogP contribution in [0.25, 0.3) is 0 Å². The van der Waals surface area contributed by atoms with Gasteiger partial charge in [-0.1, -0.05) is 29.8 Å². The summed E-state index contributed by atoms with van der Waals surface area (Å²) in [5, 5.41) is 8.78. The van der Waals surface area contributed by atoms with Gasteiger partial charge in [0, 0.05) is 11.2 Å². The van der Waals surface area contributed by atoms with E-state index in [0.29, 0.717) is 24.7 Å². The lowest BCUT2D eigenvalue weighted by atomic mass is 9.81. The Labute approximate surface area is 203 Å². The number of nitrogens with zero attached hydrogens (tertiary/aromatic N) is 3. The molecule has 0 saturated heterocycles. The van der Waals surface area contributed by atoms with Crippen molar-refractivity contribution in [1.29, 1.82) is 0 Å². The average molecular weight is 536 g/mol. The molecule has 1 aliphatic rings. The third-order valence-electron chi connectivity index (χ3n) is 4.01. The molecule has 1 aromatic heterocycles. The summed E-state index contributed by atoms with van der Waals surface area (Å²) in [5.74, 6) is 0.771. The highest BCUT2D eigenvalue weighted by atomic mass is 35.5. The Bertz CT molecular complexity index is 1220. The van der Waals surface area contributed by atoms with E-state index in [0.717, 1.165) is 34.0 Å². The number of halogens is 1. The second-order valence-corrected chi connectivity index (χ2v) is 10.3. The minimum Gasteiger partial charge on any atom is -0.496 e. The van der Waals surface area contributed by atoms with E-state index in [2.05, 4.69) is 15.2 Å². The molecule has 0 saturated carbocycles. The zero-order valence-corrected chi connectivity index (χ0v) is 21.0. The number of rotatable bonds is 3. The number of ether oxygens (including phenoxy) is 1. The molecule has 0 fully saturated rings. The predicted octanol–water partition coefficient (Wildman–Crippen LogP) is 1.46. The molecule has 0 radical (unpaired) electrons. The third-order valence-corrected chi connectivity index (χ3v) is 4.35. The first kappa shape index (κ1) is 29.3. The van der Waals surface area contributed by atoms with Gasteiger partial charge in [0.15, 0.2) is 0 Å². The largest absolute Gasteiger partial charge is 0.496 e. The van der Waals surface area contributed by atoms with Crippen LogP contribution < -0.4 is 16.2 Å². The minimum atomic E-state index is -3.67. The zero-order chi connectivity index (χ0) is 26.1. The summed E-state index contributed by atoms with van der Waals surface area (Å²) in [5.41, 5.74) is 14.4. The fourth-order valence-corrected chi connectivity index (χ4v) is 3.28. The van der Waals surface area contributed by atoms with E-state index in [1.807, 2.05) is 24.3 Å². The lowest BCUT2D eigenvalue weighted by Gasteiger charge is -2.26. The van der Waals surface area contributed by atoms with E-state index in [1.54, 1.807) is 19.4 Å². The number of methoxy groups -OCH3 is 1. The first-order valence-electron chi connectivity index (χ1n) is 9.37. The maximum Gasteiger partial charge on any atom is 0.261 e. The highest BCUT2D eigenvalue weighted by Gasteiger charge is 2.29. The number of hydrogen-bond donors (Lipinski definition) is 4. The molecule has 1 aromatic carbocycles. The van der Waals surface area contributed by atoms with Crippen molar-refractivity contribution in [2.24, 2.45) is 21.7 Å². The second-order valence-electron chi connectivity index (χ2n) is 7.00. The molecule has 188 valence electrons. The maximum atomic E-state index is 9.19. The maximum absolute atomic E-state index is 9.19. The highest BCUT2D eigenvalue weighted by molar-refractivity contribution is 7.85. The molecule has 1 unspecified atom stereocenters. The van der Waals surface area contributed by atoms with Crippen molar-refractivity contribution in [3.63, 3.8) is 0 Å². The zero-order valence-electron chi connectivity index (χ0n) is 18.6. The molecular weight excluding hydrogens is 510 g/mol. The molecule has 6 N–H and O–H groups in total. The van der Waals surface area contributed by atoms with Gasteiger partial charge in [-0.05, 0) is 36.5 Å².